The molecule has 0 aliphatic heterocycles. The van der Waals surface area contributed by atoms with Crippen LogP contribution in [0.25, 0.3) is 0 Å². The van der Waals surface area contributed by atoms with Crippen LogP contribution in [0.4, 0.5) is 0 Å². The molecule has 21 heavy (non-hydrogen) atoms. The predicted octanol–water partition coefficient (Wildman–Crippen LogP) is 1.48. The Morgan fingerprint density at radius 3 is 2.52 bits per heavy atom. The van der Waals surface area contributed by atoms with Crippen LogP contribution < -0.4 is 0 Å². The SMILES string of the molecule is c1ccc(CSCC(Sc2nn[nH]n2)c2nn[nH]n2)cc1. The number of aromatic amines is 2. The zero-order valence-electron chi connectivity index (χ0n) is 10.9. The smallest absolute Gasteiger partial charge is 0.177 e. The largest absolute Gasteiger partial charge is 0.231 e. The molecule has 0 aliphatic rings. The third-order valence-electron chi connectivity index (χ3n) is 2.60. The Balaban J connectivity index is 1.60. The average molecular weight is 320 g/mol. The van der Waals surface area contributed by atoms with Crippen LogP contribution in [0.1, 0.15) is 16.6 Å². The van der Waals surface area contributed by atoms with Gasteiger partial charge in [0.1, 0.15) is 0 Å². The fourth-order valence-electron chi connectivity index (χ4n) is 1.66. The monoisotopic (exact) mass is 320 g/mol. The van der Waals surface area contributed by atoms with Crippen LogP contribution >= 0.6 is 23.5 Å². The van der Waals surface area contributed by atoms with Gasteiger partial charge in [0, 0.05) is 11.5 Å². The molecule has 3 rings (SSSR count). The highest BCUT2D eigenvalue weighted by Gasteiger charge is 2.20. The Morgan fingerprint density at radius 1 is 1.00 bits per heavy atom. The molecule has 0 bridgehead atoms. The van der Waals surface area contributed by atoms with Gasteiger partial charge in [-0.2, -0.15) is 22.2 Å². The Bertz CT molecular complexity index is 628. The van der Waals surface area contributed by atoms with Gasteiger partial charge in [-0.1, -0.05) is 47.3 Å². The summed E-state index contributed by atoms with van der Waals surface area (Å²) in [4.78, 5) is 0. The minimum atomic E-state index is 0.0232. The molecule has 108 valence electrons. The zero-order valence-corrected chi connectivity index (χ0v) is 12.5. The highest BCUT2D eigenvalue weighted by Crippen LogP contribution is 2.34. The van der Waals surface area contributed by atoms with E-state index in [0.29, 0.717) is 11.0 Å². The van der Waals surface area contributed by atoms with E-state index in [1.54, 1.807) is 11.8 Å². The summed E-state index contributed by atoms with van der Waals surface area (Å²) in [6, 6.07) is 10.3. The van der Waals surface area contributed by atoms with Crippen LogP contribution in [-0.4, -0.2) is 47.0 Å². The lowest BCUT2D eigenvalue weighted by Crippen LogP contribution is -2.02. The highest BCUT2D eigenvalue weighted by atomic mass is 32.2. The number of H-pyrrole nitrogens is 2. The second kappa shape index (κ2) is 7.18. The van der Waals surface area contributed by atoms with Crippen LogP contribution in [0.2, 0.25) is 0 Å². The van der Waals surface area contributed by atoms with Gasteiger partial charge in [0.15, 0.2) is 5.82 Å². The van der Waals surface area contributed by atoms with E-state index in [1.165, 1.54) is 17.3 Å². The Morgan fingerprint density at radius 2 is 1.81 bits per heavy atom. The van der Waals surface area contributed by atoms with Crippen LogP contribution in [-0.2, 0) is 5.75 Å². The van der Waals surface area contributed by atoms with Crippen LogP contribution in [0.3, 0.4) is 0 Å². The zero-order chi connectivity index (χ0) is 14.3. The third kappa shape index (κ3) is 4.02. The first kappa shape index (κ1) is 14.0. The van der Waals surface area contributed by atoms with Crippen molar-refractivity contribution in [2.45, 2.75) is 16.2 Å². The molecule has 0 spiro atoms. The summed E-state index contributed by atoms with van der Waals surface area (Å²) in [6.07, 6.45) is 0. The van der Waals surface area contributed by atoms with Crippen molar-refractivity contribution in [3.8, 4) is 0 Å². The van der Waals surface area contributed by atoms with Gasteiger partial charge in [0.05, 0.1) is 5.25 Å². The molecule has 0 radical (unpaired) electrons. The maximum atomic E-state index is 4.06. The number of rotatable bonds is 7. The lowest BCUT2D eigenvalue weighted by molar-refractivity contribution is 0.881. The van der Waals surface area contributed by atoms with E-state index >= 15 is 0 Å². The van der Waals surface area contributed by atoms with Crippen molar-refractivity contribution in [3.63, 3.8) is 0 Å². The lowest BCUT2D eigenvalue weighted by atomic mass is 10.2. The minimum absolute atomic E-state index is 0.0232. The van der Waals surface area contributed by atoms with Crippen molar-refractivity contribution in [1.82, 2.24) is 41.2 Å². The molecule has 0 amide bonds. The number of hydrogen-bond acceptors (Lipinski definition) is 8. The van der Waals surface area contributed by atoms with Gasteiger partial charge in [0.2, 0.25) is 5.16 Å². The van der Waals surface area contributed by atoms with Crippen molar-refractivity contribution in [1.29, 1.82) is 0 Å². The number of aromatic nitrogens is 8. The Kier molecular flexibility index (Phi) is 4.79. The summed E-state index contributed by atoms with van der Waals surface area (Å²) in [5.74, 6) is 2.40. The predicted molar refractivity (Wildman–Crippen MR) is 79.6 cm³/mol. The molecule has 1 aromatic carbocycles. The summed E-state index contributed by atoms with van der Waals surface area (Å²) < 4.78 is 0. The van der Waals surface area contributed by atoms with Gasteiger partial charge in [0.25, 0.3) is 0 Å². The number of nitrogens with one attached hydrogen (secondary N) is 2. The molecule has 2 N–H and O–H groups in total. The summed E-state index contributed by atoms with van der Waals surface area (Å²) in [6.45, 7) is 0. The van der Waals surface area contributed by atoms with Crippen LogP contribution in [0, 0.1) is 0 Å². The first-order valence-electron chi connectivity index (χ1n) is 6.17. The number of hydrogen-bond donors (Lipinski definition) is 2. The first-order chi connectivity index (χ1) is 10.4. The molecule has 0 saturated heterocycles. The van der Waals surface area contributed by atoms with Crippen molar-refractivity contribution >= 4 is 23.5 Å². The Hall–Kier alpha value is -1.94. The standard InChI is InChI=1S/C11H12N8S2/c1-2-4-8(5-3-1)6-20-7-9(10-12-16-17-13-10)21-11-14-18-19-15-11/h1-5,9H,6-7H2,(H,12,13,16,17)(H,14,15,18,19). The molecule has 0 aliphatic carbocycles. The molecule has 1 atom stereocenters. The molecule has 0 saturated carbocycles. The van der Waals surface area contributed by atoms with E-state index in [9.17, 15) is 0 Å². The van der Waals surface area contributed by atoms with Gasteiger partial charge in [-0.25, -0.2) is 0 Å². The fourth-order valence-corrected chi connectivity index (χ4v) is 3.77. The van der Waals surface area contributed by atoms with E-state index in [1.807, 2.05) is 18.2 Å². The highest BCUT2D eigenvalue weighted by molar-refractivity contribution is 8.02. The topological polar surface area (TPSA) is 109 Å². The normalized spacial score (nSPS) is 12.4. The summed E-state index contributed by atoms with van der Waals surface area (Å²) >= 11 is 3.27. The van der Waals surface area contributed by atoms with Crippen molar-refractivity contribution in [3.05, 3.63) is 41.7 Å². The number of nitrogens with zero attached hydrogens (tertiary/aromatic N) is 6. The second-order valence-electron chi connectivity index (χ2n) is 4.07. The molecule has 1 unspecified atom stereocenters. The molecule has 10 heteroatoms. The Labute approximate surface area is 128 Å². The van der Waals surface area contributed by atoms with Gasteiger partial charge in [-0.05, 0) is 10.8 Å². The van der Waals surface area contributed by atoms with E-state index in [2.05, 4.69) is 53.4 Å². The third-order valence-corrected chi connectivity index (χ3v) is 4.97. The second-order valence-corrected chi connectivity index (χ2v) is 6.27. The summed E-state index contributed by atoms with van der Waals surface area (Å²) in [5.41, 5.74) is 1.29. The van der Waals surface area contributed by atoms with Gasteiger partial charge in [-0.3, -0.25) is 0 Å². The molecule has 0 fully saturated rings. The molecule has 8 nitrogen and oxygen atoms in total. The van der Waals surface area contributed by atoms with E-state index in [-0.39, 0.29) is 5.25 Å². The quantitative estimate of drug-likeness (QED) is 0.630. The van der Waals surface area contributed by atoms with Crippen LogP contribution in [0.5, 0.6) is 0 Å². The maximum absolute atomic E-state index is 4.06. The first-order valence-corrected chi connectivity index (χ1v) is 8.20. The van der Waals surface area contributed by atoms with Crippen molar-refractivity contribution in [2.24, 2.45) is 0 Å². The summed E-state index contributed by atoms with van der Waals surface area (Å²) in [7, 11) is 0. The van der Waals surface area contributed by atoms with Gasteiger partial charge in [-0.15, -0.1) is 20.4 Å². The number of thioether (sulfide) groups is 2. The van der Waals surface area contributed by atoms with E-state index < -0.39 is 0 Å². The van der Waals surface area contributed by atoms with Crippen molar-refractivity contribution in [2.75, 3.05) is 5.75 Å². The number of tetrazole rings is 2. The molecule has 2 aromatic heterocycles. The summed E-state index contributed by atoms with van der Waals surface area (Å²) in [5, 5.41) is 28.7. The average Bonchev–Trinajstić information content (AvgIpc) is 3.21. The molecule has 3 aromatic rings. The maximum Gasteiger partial charge on any atom is 0.231 e. The van der Waals surface area contributed by atoms with Crippen molar-refractivity contribution < 1.29 is 0 Å². The van der Waals surface area contributed by atoms with Crippen LogP contribution in [0.15, 0.2) is 35.5 Å². The lowest BCUT2D eigenvalue weighted by Gasteiger charge is -2.10. The molecular weight excluding hydrogens is 308 g/mol. The fraction of sp³-hybridized carbons (Fsp3) is 0.273. The number of benzene rings is 1. The van der Waals surface area contributed by atoms with Gasteiger partial charge >= 0.3 is 0 Å². The minimum Gasteiger partial charge on any atom is -0.177 e. The molecular formula is C11H12N8S2. The van der Waals surface area contributed by atoms with E-state index in [4.69, 9.17) is 0 Å². The van der Waals surface area contributed by atoms with E-state index in [0.717, 1.165) is 11.5 Å². The van der Waals surface area contributed by atoms with Gasteiger partial charge < -0.3 is 0 Å². The molecule has 2 heterocycles.